The molecule has 4 heteroatoms. The molecule has 1 atom stereocenters. The van der Waals surface area contributed by atoms with Gasteiger partial charge >= 0.3 is 0 Å². The zero-order chi connectivity index (χ0) is 9.10. The lowest BCUT2D eigenvalue weighted by Gasteiger charge is -2.11. The average Bonchev–Trinajstić information content (AvgIpc) is 2.76. The van der Waals surface area contributed by atoms with Crippen molar-refractivity contribution < 1.29 is 4.74 Å². The fraction of sp³-hybridized carbons (Fsp3) is 0.667. The molecule has 0 spiro atoms. The molecule has 0 aliphatic carbocycles. The molecule has 2 rings (SSSR count). The number of halogens is 1. The van der Waals surface area contributed by atoms with Crippen molar-refractivity contribution in [3.8, 4) is 0 Å². The fourth-order valence-electron chi connectivity index (χ4n) is 1.63. The quantitative estimate of drug-likeness (QED) is 0.696. The third-order valence-corrected chi connectivity index (χ3v) is 2.63. The molecular formula is C9H13ClN2O. The summed E-state index contributed by atoms with van der Waals surface area (Å²) in [5.74, 6) is 0.521. The van der Waals surface area contributed by atoms with Gasteiger partial charge in [0.15, 0.2) is 0 Å². The Morgan fingerprint density at radius 2 is 2.62 bits per heavy atom. The molecule has 0 saturated carbocycles. The Labute approximate surface area is 82.7 Å². The van der Waals surface area contributed by atoms with Crippen LogP contribution in [0.2, 0.25) is 0 Å². The Hall–Kier alpha value is -0.540. The maximum Gasteiger partial charge on any atom is 0.0949 e. The first-order valence-corrected chi connectivity index (χ1v) is 5.10. The number of hydrogen-bond donors (Lipinski definition) is 0. The predicted molar refractivity (Wildman–Crippen MR) is 50.8 cm³/mol. The maximum atomic E-state index is 5.76. The van der Waals surface area contributed by atoms with Gasteiger partial charge in [0, 0.05) is 12.8 Å². The summed E-state index contributed by atoms with van der Waals surface area (Å²) in [6, 6.07) is 0. The number of alkyl halides is 1. The van der Waals surface area contributed by atoms with Crippen LogP contribution in [0.3, 0.4) is 0 Å². The highest BCUT2D eigenvalue weighted by Crippen LogP contribution is 2.15. The highest BCUT2D eigenvalue weighted by atomic mass is 35.5. The number of ether oxygens (including phenoxy) is 1. The zero-order valence-corrected chi connectivity index (χ0v) is 8.20. The fourth-order valence-corrected chi connectivity index (χ4v) is 1.85. The van der Waals surface area contributed by atoms with E-state index in [1.807, 2.05) is 12.5 Å². The summed E-state index contributed by atoms with van der Waals surface area (Å²) >= 11 is 5.76. The van der Waals surface area contributed by atoms with Gasteiger partial charge in [-0.25, -0.2) is 4.98 Å². The standard InChI is InChI=1S/C9H13ClN2O/c10-4-8-5-11-7-12(8)6-9-2-1-3-13-9/h5,7,9H,1-4,6H2/t9-/m0/s1. The molecule has 1 fully saturated rings. The van der Waals surface area contributed by atoms with Crippen LogP contribution in [0.1, 0.15) is 18.5 Å². The summed E-state index contributed by atoms with van der Waals surface area (Å²) in [5, 5.41) is 0. The van der Waals surface area contributed by atoms with Crippen LogP contribution >= 0.6 is 11.6 Å². The molecule has 72 valence electrons. The third-order valence-electron chi connectivity index (χ3n) is 2.36. The van der Waals surface area contributed by atoms with E-state index < -0.39 is 0 Å². The van der Waals surface area contributed by atoms with Crippen molar-refractivity contribution in [3.05, 3.63) is 18.2 Å². The van der Waals surface area contributed by atoms with E-state index in [1.165, 1.54) is 6.42 Å². The second-order valence-electron chi connectivity index (χ2n) is 3.31. The average molecular weight is 201 g/mol. The van der Waals surface area contributed by atoms with Gasteiger partial charge in [-0.1, -0.05) is 0 Å². The summed E-state index contributed by atoms with van der Waals surface area (Å²) in [7, 11) is 0. The van der Waals surface area contributed by atoms with Gasteiger partial charge in [-0.2, -0.15) is 0 Å². The number of hydrogen-bond acceptors (Lipinski definition) is 2. The molecule has 0 radical (unpaired) electrons. The van der Waals surface area contributed by atoms with Crippen LogP contribution in [0.15, 0.2) is 12.5 Å². The SMILES string of the molecule is ClCc1cncn1C[C@@H]1CCCO1. The maximum absolute atomic E-state index is 5.76. The Morgan fingerprint density at radius 3 is 3.31 bits per heavy atom. The van der Waals surface area contributed by atoms with Gasteiger partial charge in [0.05, 0.1) is 30.5 Å². The molecule has 0 N–H and O–H groups in total. The molecule has 0 aromatic carbocycles. The van der Waals surface area contributed by atoms with Crippen LogP contribution < -0.4 is 0 Å². The lowest BCUT2D eigenvalue weighted by Crippen LogP contribution is -2.15. The molecule has 1 aromatic heterocycles. The van der Waals surface area contributed by atoms with Crippen LogP contribution in [0.25, 0.3) is 0 Å². The van der Waals surface area contributed by atoms with Crippen LogP contribution in [0, 0.1) is 0 Å². The van der Waals surface area contributed by atoms with Gasteiger partial charge in [0.1, 0.15) is 0 Å². The van der Waals surface area contributed by atoms with Crippen molar-refractivity contribution in [2.24, 2.45) is 0 Å². The van der Waals surface area contributed by atoms with E-state index in [0.29, 0.717) is 12.0 Å². The third kappa shape index (κ3) is 2.03. The smallest absolute Gasteiger partial charge is 0.0949 e. The lowest BCUT2D eigenvalue weighted by atomic mass is 10.2. The second-order valence-corrected chi connectivity index (χ2v) is 3.57. The van der Waals surface area contributed by atoms with Crippen molar-refractivity contribution in [2.75, 3.05) is 6.61 Å². The summed E-state index contributed by atoms with van der Waals surface area (Å²) in [5.41, 5.74) is 1.07. The topological polar surface area (TPSA) is 27.1 Å². The molecule has 2 heterocycles. The number of nitrogens with zero attached hydrogens (tertiary/aromatic N) is 2. The van der Waals surface area contributed by atoms with E-state index in [-0.39, 0.29) is 0 Å². The highest BCUT2D eigenvalue weighted by Gasteiger charge is 2.16. The van der Waals surface area contributed by atoms with Crippen LogP contribution in [-0.2, 0) is 17.2 Å². The first-order chi connectivity index (χ1) is 6.40. The molecule has 1 aromatic rings. The Balaban J connectivity index is 1.99. The van der Waals surface area contributed by atoms with Gasteiger partial charge < -0.3 is 9.30 Å². The minimum atomic E-state index is 0.358. The lowest BCUT2D eigenvalue weighted by molar-refractivity contribution is 0.0965. The van der Waals surface area contributed by atoms with Crippen molar-refractivity contribution in [2.45, 2.75) is 31.4 Å². The van der Waals surface area contributed by atoms with Crippen LogP contribution in [0.5, 0.6) is 0 Å². The Morgan fingerprint density at radius 1 is 1.69 bits per heavy atom. The van der Waals surface area contributed by atoms with Crippen LogP contribution in [-0.4, -0.2) is 22.3 Å². The van der Waals surface area contributed by atoms with Gasteiger partial charge in [0.25, 0.3) is 0 Å². The monoisotopic (exact) mass is 200 g/mol. The van der Waals surface area contributed by atoms with Crippen LogP contribution in [0.4, 0.5) is 0 Å². The molecule has 3 nitrogen and oxygen atoms in total. The number of imidazole rings is 1. The molecule has 0 amide bonds. The van der Waals surface area contributed by atoms with E-state index in [9.17, 15) is 0 Å². The first-order valence-electron chi connectivity index (χ1n) is 4.56. The summed E-state index contributed by atoms with van der Waals surface area (Å²) in [4.78, 5) is 4.06. The predicted octanol–water partition coefficient (Wildman–Crippen LogP) is 1.80. The van der Waals surface area contributed by atoms with E-state index in [4.69, 9.17) is 16.3 Å². The molecular weight excluding hydrogens is 188 g/mol. The molecule has 0 unspecified atom stereocenters. The normalized spacial score (nSPS) is 22.4. The Bertz CT molecular complexity index is 268. The van der Waals surface area contributed by atoms with Crippen molar-refractivity contribution in [3.63, 3.8) is 0 Å². The van der Waals surface area contributed by atoms with Crippen molar-refractivity contribution in [1.29, 1.82) is 0 Å². The van der Waals surface area contributed by atoms with Gasteiger partial charge in [-0.3, -0.25) is 0 Å². The Kier molecular flexibility index (Phi) is 2.86. The molecule has 1 saturated heterocycles. The van der Waals surface area contributed by atoms with Gasteiger partial charge in [-0.05, 0) is 12.8 Å². The molecule has 0 bridgehead atoms. The van der Waals surface area contributed by atoms with E-state index in [0.717, 1.165) is 25.3 Å². The second kappa shape index (κ2) is 4.11. The van der Waals surface area contributed by atoms with E-state index in [1.54, 1.807) is 0 Å². The number of rotatable bonds is 3. The number of aromatic nitrogens is 2. The minimum Gasteiger partial charge on any atom is -0.376 e. The van der Waals surface area contributed by atoms with E-state index in [2.05, 4.69) is 9.55 Å². The summed E-state index contributed by atoms with van der Waals surface area (Å²) < 4.78 is 7.61. The highest BCUT2D eigenvalue weighted by molar-refractivity contribution is 6.16. The van der Waals surface area contributed by atoms with Crippen molar-refractivity contribution in [1.82, 2.24) is 9.55 Å². The van der Waals surface area contributed by atoms with Gasteiger partial charge in [-0.15, -0.1) is 11.6 Å². The first kappa shape index (κ1) is 9.03. The minimum absolute atomic E-state index is 0.358. The van der Waals surface area contributed by atoms with Crippen molar-refractivity contribution >= 4 is 11.6 Å². The summed E-state index contributed by atoms with van der Waals surface area (Å²) in [6.45, 7) is 1.79. The zero-order valence-electron chi connectivity index (χ0n) is 7.45. The molecule has 13 heavy (non-hydrogen) atoms. The summed E-state index contributed by atoms with van der Waals surface area (Å²) in [6.07, 6.45) is 6.31. The van der Waals surface area contributed by atoms with Gasteiger partial charge in [0.2, 0.25) is 0 Å². The molecule has 1 aliphatic rings. The largest absolute Gasteiger partial charge is 0.376 e. The van der Waals surface area contributed by atoms with E-state index >= 15 is 0 Å². The molecule has 1 aliphatic heterocycles.